The number of amides is 2. The third kappa shape index (κ3) is 7.33. The van der Waals surface area contributed by atoms with E-state index in [0.717, 1.165) is 19.0 Å². The van der Waals surface area contributed by atoms with Crippen LogP contribution in [0.25, 0.3) is 0 Å². The molecule has 33 heavy (non-hydrogen) atoms. The molecule has 1 saturated heterocycles. The number of guanidine groups is 1. The first kappa shape index (κ1) is 25.3. The lowest BCUT2D eigenvalue weighted by Gasteiger charge is -2.30. The van der Waals surface area contributed by atoms with Gasteiger partial charge >= 0.3 is 5.97 Å². The average Bonchev–Trinajstić information content (AvgIpc) is 3.27. The van der Waals surface area contributed by atoms with E-state index in [0.29, 0.717) is 28.1 Å². The molecular weight excluding hydrogens is 567 g/mol. The normalized spacial score (nSPS) is 20.8. The summed E-state index contributed by atoms with van der Waals surface area (Å²) in [6.45, 7) is 2.37. The van der Waals surface area contributed by atoms with Gasteiger partial charge in [-0.05, 0) is 41.1 Å². The molecule has 2 heterocycles. The van der Waals surface area contributed by atoms with Gasteiger partial charge in [-0.3, -0.25) is 19.4 Å². The molecule has 1 aromatic rings. The molecule has 1 aromatic carbocycles. The summed E-state index contributed by atoms with van der Waals surface area (Å²) in [6.07, 6.45) is 0.124. The summed E-state index contributed by atoms with van der Waals surface area (Å²) in [4.78, 5) is 40.7. The van der Waals surface area contributed by atoms with Crippen molar-refractivity contribution < 1.29 is 24.6 Å². The molecule has 7 N–H and O–H groups in total. The first-order valence-electron chi connectivity index (χ1n) is 10.4. The summed E-state index contributed by atoms with van der Waals surface area (Å²) in [5, 5.41) is 34.7. The zero-order valence-electron chi connectivity index (χ0n) is 17.7. The molecule has 0 aliphatic carbocycles. The summed E-state index contributed by atoms with van der Waals surface area (Å²) in [5.41, 5.74) is 0.197. The van der Waals surface area contributed by atoms with Crippen molar-refractivity contribution in [2.24, 2.45) is 10.9 Å². The van der Waals surface area contributed by atoms with E-state index >= 15 is 0 Å². The Morgan fingerprint density at radius 1 is 1.30 bits per heavy atom. The molecule has 0 radical (unpaired) electrons. The lowest BCUT2D eigenvalue weighted by Crippen LogP contribution is -2.54. The molecule has 3 atom stereocenters. The summed E-state index contributed by atoms with van der Waals surface area (Å²) in [5.74, 6) is -1.77. The quantitative estimate of drug-likeness (QED) is 0.206. The van der Waals surface area contributed by atoms with E-state index in [4.69, 9.17) is 11.6 Å². The average molecular weight is 593 g/mol. The number of nitrogens with zero attached hydrogens (tertiary/aromatic N) is 1. The fourth-order valence-corrected chi connectivity index (χ4v) is 4.82. The predicted octanol–water partition coefficient (Wildman–Crippen LogP) is -0.0747. The van der Waals surface area contributed by atoms with Crippen LogP contribution in [0.4, 0.5) is 0 Å². The lowest BCUT2D eigenvalue weighted by atomic mass is 9.95. The number of nitrogens with one attached hydrogen (secondary N) is 5. The number of carboxylic acids is 1. The van der Waals surface area contributed by atoms with Gasteiger partial charge in [0.2, 0.25) is 11.8 Å². The maximum atomic E-state index is 12.6. The van der Waals surface area contributed by atoms with E-state index < -0.39 is 24.3 Å². The highest BCUT2D eigenvalue weighted by Crippen LogP contribution is 2.34. The Labute approximate surface area is 209 Å². The Balaban J connectivity index is 1.55. The van der Waals surface area contributed by atoms with E-state index in [1.165, 1.54) is 12.1 Å². The van der Waals surface area contributed by atoms with Crippen molar-refractivity contribution in [3.63, 3.8) is 0 Å². The van der Waals surface area contributed by atoms with Gasteiger partial charge in [0.1, 0.15) is 5.75 Å². The highest BCUT2D eigenvalue weighted by molar-refractivity contribution is 14.1. The topological polar surface area (TPSA) is 164 Å². The number of aliphatic imine (C=N–C) groups is 1. The van der Waals surface area contributed by atoms with E-state index in [9.17, 15) is 24.6 Å². The number of hydrogen-bond acceptors (Lipinski definition) is 8. The van der Waals surface area contributed by atoms with Crippen molar-refractivity contribution in [1.29, 1.82) is 0 Å². The van der Waals surface area contributed by atoms with Crippen molar-refractivity contribution in [2.75, 3.05) is 32.7 Å². The van der Waals surface area contributed by atoms with E-state index in [1.54, 1.807) is 0 Å². The minimum atomic E-state index is -1.16. The minimum absolute atomic E-state index is 0.0286. The molecule has 11 nitrogen and oxygen atoms in total. The van der Waals surface area contributed by atoms with Crippen LogP contribution in [-0.2, 0) is 14.4 Å². The zero-order valence-corrected chi connectivity index (χ0v) is 20.6. The molecular formula is C20H26ClIN6O5. The molecule has 13 heteroatoms. The molecule has 0 saturated carbocycles. The van der Waals surface area contributed by atoms with Crippen LogP contribution in [0.5, 0.6) is 5.75 Å². The Kier molecular flexibility index (Phi) is 8.97. The Morgan fingerprint density at radius 2 is 2.09 bits per heavy atom. The first-order valence-corrected chi connectivity index (χ1v) is 11.9. The van der Waals surface area contributed by atoms with Gasteiger partial charge in [0.25, 0.3) is 0 Å². The first-order chi connectivity index (χ1) is 15.7. The Bertz CT molecular complexity index is 946. The SMILES string of the molecule is O=C(O)CC(NC(=O)CNC(=O)C1CNCC(NC2=NCCN2)C1)c1cc(Cl)cc(I)c1O. The number of piperidine rings is 1. The number of rotatable bonds is 8. The molecule has 2 aliphatic rings. The van der Waals surface area contributed by atoms with Crippen LogP contribution in [0.15, 0.2) is 17.1 Å². The van der Waals surface area contributed by atoms with Crippen LogP contribution in [0.2, 0.25) is 5.02 Å². The maximum absolute atomic E-state index is 12.6. The van der Waals surface area contributed by atoms with E-state index in [2.05, 4.69) is 31.6 Å². The van der Waals surface area contributed by atoms with Crippen LogP contribution < -0.4 is 26.6 Å². The molecule has 3 unspecified atom stereocenters. The summed E-state index contributed by atoms with van der Waals surface area (Å²) in [7, 11) is 0. The fraction of sp³-hybridized carbons (Fsp3) is 0.500. The molecule has 3 rings (SSSR count). The number of carbonyl (C=O) groups is 3. The summed E-state index contributed by atoms with van der Waals surface area (Å²) >= 11 is 7.91. The fourth-order valence-electron chi connectivity index (χ4n) is 3.76. The number of phenols is 1. The number of halogens is 2. The second-order valence-corrected chi connectivity index (χ2v) is 9.45. The maximum Gasteiger partial charge on any atom is 0.305 e. The zero-order chi connectivity index (χ0) is 24.0. The Morgan fingerprint density at radius 3 is 2.79 bits per heavy atom. The van der Waals surface area contributed by atoms with Gasteiger partial charge in [-0.2, -0.15) is 0 Å². The van der Waals surface area contributed by atoms with Gasteiger partial charge in [-0.25, -0.2) is 0 Å². The van der Waals surface area contributed by atoms with Crippen LogP contribution in [0.1, 0.15) is 24.4 Å². The minimum Gasteiger partial charge on any atom is -0.506 e. The molecule has 0 aromatic heterocycles. The van der Waals surface area contributed by atoms with E-state index in [1.807, 2.05) is 22.6 Å². The smallest absolute Gasteiger partial charge is 0.305 e. The van der Waals surface area contributed by atoms with E-state index in [-0.39, 0.29) is 35.7 Å². The van der Waals surface area contributed by atoms with Crippen LogP contribution in [0, 0.1) is 9.49 Å². The van der Waals surface area contributed by atoms with Gasteiger partial charge in [0.15, 0.2) is 5.96 Å². The number of aliphatic carboxylic acids is 1. The van der Waals surface area contributed by atoms with Crippen LogP contribution in [-0.4, -0.2) is 72.7 Å². The largest absolute Gasteiger partial charge is 0.506 e. The van der Waals surface area contributed by atoms with Gasteiger partial charge in [-0.15, -0.1) is 0 Å². The standard InChI is InChI=1S/C20H26ClIN6O5/c21-11-4-13(18(32)14(22)5-11)15(6-17(30)31)28-16(29)9-26-19(33)10-3-12(8-23-7-10)27-20-24-1-2-25-20/h4-5,10,12,15,23,32H,1-3,6-9H2,(H,26,33)(H,28,29)(H,30,31)(H2,24,25,27). The highest BCUT2D eigenvalue weighted by atomic mass is 127. The second kappa shape index (κ2) is 11.7. The number of phenolic OH excluding ortho intramolecular Hbond substituents is 1. The number of benzene rings is 1. The molecule has 0 spiro atoms. The monoisotopic (exact) mass is 592 g/mol. The summed E-state index contributed by atoms with van der Waals surface area (Å²) in [6, 6.07) is 1.96. The van der Waals surface area contributed by atoms with Crippen molar-refractivity contribution in [3.05, 3.63) is 26.3 Å². The third-order valence-corrected chi connectivity index (χ3v) is 6.35. The third-order valence-electron chi connectivity index (χ3n) is 5.31. The highest BCUT2D eigenvalue weighted by Gasteiger charge is 2.29. The number of aromatic hydroxyl groups is 1. The van der Waals surface area contributed by atoms with Crippen molar-refractivity contribution in [1.82, 2.24) is 26.6 Å². The van der Waals surface area contributed by atoms with Gasteiger partial charge < -0.3 is 36.8 Å². The second-order valence-electron chi connectivity index (χ2n) is 7.85. The molecule has 2 amide bonds. The molecule has 2 aliphatic heterocycles. The van der Waals surface area contributed by atoms with Gasteiger partial charge in [-0.1, -0.05) is 11.6 Å². The van der Waals surface area contributed by atoms with Crippen molar-refractivity contribution in [2.45, 2.75) is 24.9 Å². The number of carbonyl (C=O) groups excluding carboxylic acids is 2. The lowest BCUT2D eigenvalue weighted by molar-refractivity contribution is -0.138. The van der Waals surface area contributed by atoms with Crippen LogP contribution >= 0.6 is 34.2 Å². The number of hydrogen-bond donors (Lipinski definition) is 7. The van der Waals surface area contributed by atoms with Crippen molar-refractivity contribution >= 4 is 57.9 Å². The number of carboxylic acid groups (broad SMARTS) is 1. The predicted molar refractivity (Wildman–Crippen MR) is 130 cm³/mol. The molecule has 1 fully saturated rings. The summed E-state index contributed by atoms with van der Waals surface area (Å²) < 4.78 is 0.430. The van der Waals surface area contributed by atoms with Crippen LogP contribution in [0.3, 0.4) is 0 Å². The Hall–Kier alpha value is -2.32. The van der Waals surface area contributed by atoms with Gasteiger partial charge in [0.05, 0.1) is 35.0 Å². The molecule has 0 bridgehead atoms. The van der Waals surface area contributed by atoms with Crippen molar-refractivity contribution in [3.8, 4) is 5.75 Å². The van der Waals surface area contributed by atoms with Gasteiger partial charge in [0, 0.05) is 36.3 Å². The molecule has 180 valence electrons.